The van der Waals surface area contributed by atoms with E-state index in [1.165, 1.54) is 154 Å². The number of unbranched alkanes of at least 4 members (excludes halogenated alkanes) is 22. The van der Waals surface area contributed by atoms with Gasteiger partial charge in [0.1, 0.15) is 0 Å². The zero-order valence-electron chi connectivity index (χ0n) is 21.8. The van der Waals surface area contributed by atoms with Crippen molar-refractivity contribution in [3.63, 3.8) is 0 Å². The Morgan fingerprint density at radius 1 is 0.323 bits per heavy atom. The summed E-state index contributed by atoms with van der Waals surface area (Å²) in [6.45, 7) is 6.41. The highest BCUT2D eigenvalue weighted by atomic mass is 14.8. The first-order chi connectivity index (χ1) is 15.4. The van der Waals surface area contributed by atoms with Gasteiger partial charge in [0.05, 0.1) is 6.01 Å². The first-order valence-electron chi connectivity index (χ1n) is 14.5. The highest BCUT2D eigenvalue weighted by molar-refractivity contribution is 5.40. The van der Waals surface area contributed by atoms with E-state index in [0.29, 0.717) is 0 Å². The van der Waals surface area contributed by atoms with Crippen molar-refractivity contribution in [1.29, 1.82) is 0 Å². The molecule has 184 valence electrons. The van der Waals surface area contributed by atoms with Crippen LogP contribution < -0.4 is 0 Å². The fraction of sp³-hybridized carbons (Fsp3) is 0.966. The molecule has 0 N–H and O–H groups in total. The van der Waals surface area contributed by atoms with E-state index in [2.05, 4.69) is 29.8 Å². The summed E-state index contributed by atoms with van der Waals surface area (Å²) in [6, 6.07) is 2.91. The van der Waals surface area contributed by atoms with E-state index in [1.807, 2.05) is 0 Å². The summed E-state index contributed by atoms with van der Waals surface area (Å²) in [6.07, 6.45) is 33.5. The summed E-state index contributed by atoms with van der Waals surface area (Å²) < 4.78 is 0. The van der Waals surface area contributed by atoms with E-state index in [-0.39, 0.29) is 0 Å². The maximum absolute atomic E-state index is 4.33. The highest BCUT2D eigenvalue weighted by Gasteiger charge is 1.94. The molecule has 0 saturated carbocycles. The summed E-state index contributed by atoms with van der Waals surface area (Å²) in [5.74, 6) is 0. The van der Waals surface area contributed by atoms with Gasteiger partial charge in [-0.3, -0.25) is 0 Å². The third-order valence-corrected chi connectivity index (χ3v) is 6.39. The van der Waals surface area contributed by atoms with Gasteiger partial charge in [0, 0.05) is 13.1 Å². The highest BCUT2D eigenvalue weighted by Crippen LogP contribution is 2.13. The van der Waals surface area contributed by atoms with E-state index < -0.39 is 0 Å². The molecule has 0 aromatic rings. The zero-order valence-corrected chi connectivity index (χ0v) is 21.8. The standard InChI is InChI=1S/C29H58N2/c1-3-5-7-9-11-13-15-17-19-21-23-25-27-30-29-31-28-26-24-22-20-18-16-14-12-10-8-6-4-2/h3-28H2,1-2H3. The maximum atomic E-state index is 4.33. The number of hydrogen-bond acceptors (Lipinski definition) is 2. The predicted octanol–water partition coefficient (Wildman–Crippen LogP) is 10.6. The SMILES string of the molecule is CCCCCCCCCCCCCCN=C=NCCCCCCCCCCCCCC. The van der Waals surface area contributed by atoms with Crippen LogP contribution in [0.4, 0.5) is 0 Å². The molecule has 0 aromatic heterocycles. The molecule has 31 heavy (non-hydrogen) atoms. The Labute approximate surface area is 197 Å². The predicted molar refractivity (Wildman–Crippen MR) is 142 cm³/mol. The molecule has 0 aliphatic rings. The molecule has 0 rings (SSSR count). The molecule has 0 aromatic carbocycles. The van der Waals surface area contributed by atoms with Gasteiger partial charge in [-0.05, 0) is 12.8 Å². The van der Waals surface area contributed by atoms with Crippen LogP contribution in [0.5, 0.6) is 0 Å². The lowest BCUT2D eigenvalue weighted by atomic mass is 10.1. The van der Waals surface area contributed by atoms with Crippen molar-refractivity contribution in [2.45, 2.75) is 168 Å². The Morgan fingerprint density at radius 2 is 0.548 bits per heavy atom. The van der Waals surface area contributed by atoms with Crippen molar-refractivity contribution < 1.29 is 0 Å². The molecule has 0 aliphatic carbocycles. The lowest BCUT2D eigenvalue weighted by Crippen LogP contribution is -1.85. The molecule has 0 bridgehead atoms. The van der Waals surface area contributed by atoms with E-state index in [4.69, 9.17) is 0 Å². The summed E-state index contributed by atoms with van der Waals surface area (Å²) in [5.41, 5.74) is 0. The molecule has 0 saturated heterocycles. The Morgan fingerprint density at radius 3 is 0.806 bits per heavy atom. The molecule has 0 heterocycles. The summed E-state index contributed by atoms with van der Waals surface area (Å²) in [7, 11) is 0. The summed E-state index contributed by atoms with van der Waals surface area (Å²) in [4.78, 5) is 8.66. The minimum atomic E-state index is 0.916. The average Bonchev–Trinajstić information content (AvgIpc) is 2.78. The Bertz CT molecular complexity index is 339. The minimum Gasteiger partial charge on any atom is -0.226 e. The molecule has 0 spiro atoms. The van der Waals surface area contributed by atoms with Crippen molar-refractivity contribution in [2.24, 2.45) is 9.98 Å². The van der Waals surface area contributed by atoms with Crippen LogP contribution in [0.2, 0.25) is 0 Å². The molecule has 2 heteroatoms. The van der Waals surface area contributed by atoms with Gasteiger partial charge in [-0.2, -0.15) is 0 Å². The first kappa shape index (κ1) is 30.4. The Hall–Kier alpha value is -0.620. The fourth-order valence-electron chi connectivity index (χ4n) is 4.21. The van der Waals surface area contributed by atoms with Crippen molar-refractivity contribution in [2.75, 3.05) is 13.1 Å². The number of nitrogens with zero attached hydrogens (tertiary/aromatic N) is 2. The van der Waals surface area contributed by atoms with E-state index in [9.17, 15) is 0 Å². The van der Waals surface area contributed by atoms with Gasteiger partial charge in [0.2, 0.25) is 0 Å². The number of aliphatic imine (C=N–C) groups is 2. The zero-order chi connectivity index (χ0) is 22.5. The molecule has 0 atom stereocenters. The molecule has 0 aliphatic heterocycles. The van der Waals surface area contributed by atoms with Crippen LogP contribution in [0.1, 0.15) is 168 Å². The molecular weight excluding hydrogens is 376 g/mol. The lowest BCUT2D eigenvalue weighted by Gasteiger charge is -2.02. The molecule has 2 nitrogen and oxygen atoms in total. The third kappa shape index (κ3) is 29.4. The van der Waals surface area contributed by atoms with Crippen molar-refractivity contribution >= 4 is 6.01 Å². The van der Waals surface area contributed by atoms with Crippen LogP contribution in [0.25, 0.3) is 0 Å². The van der Waals surface area contributed by atoms with Crippen molar-refractivity contribution in [3.8, 4) is 0 Å². The monoisotopic (exact) mass is 434 g/mol. The third-order valence-electron chi connectivity index (χ3n) is 6.39. The van der Waals surface area contributed by atoms with Crippen LogP contribution >= 0.6 is 0 Å². The van der Waals surface area contributed by atoms with Crippen LogP contribution in [0, 0.1) is 0 Å². The van der Waals surface area contributed by atoms with Crippen molar-refractivity contribution in [3.05, 3.63) is 0 Å². The molecule has 0 fully saturated rings. The topological polar surface area (TPSA) is 24.7 Å². The lowest BCUT2D eigenvalue weighted by molar-refractivity contribution is 0.545. The Kier molecular flexibility index (Phi) is 28.8. The van der Waals surface area contributed by atoms with E-state index >= 15 is 0 Å². The van der Waals surface area contributed by atoms with Gasteiger partial charge in [0.15, 0.2) is 0 Å². The van der Waals surface area contributed by atoms with Gasteiger partial charge in [-0.1, -0.05) is 155 Å². The second kappa shape index (κ2) is 29.4. The van der Waals surface area contributed by atoms with Gasteiger partial charge in [-0.15, -0.1) is 0 Å². The Balaban J connectivity index is 3.15. The normalized spacial score (nSPS) is 10.9. The molecule has 0 unspecified atom stereocenters. The van der Waals surface area contributed by atoms with Gasteiger partial charge < -0.3 is 0 Å². The quantitative estimate of drug-likeness (QED) is 0.0955. The largest absolute Gasteiger partial charge is 0.226 e. The first-order valence-corrected chi connectivity index (χ1v) is 14.5. The second-order valence-electron chi connectivity index (χ2n) is 9.64. The smallest absolute Gasteiger partial charge is 0.0892 e. The summed E-state index contributed by atoms with van der Waals surface area (Å²) in [5, 5.41) is 0. The van der Waals surface area contributed by atoms with Crippen LogP contribution in [-0.2, 0) is 0 Å². The fourth-order valence-corrected chi connectivity index (χ4v) is 4.21. The van der Waals surface area contributed by atoms with Crippen molar-refractivity contribution in [1.82, 2.24) is 0 Å². The van der Waals surface area contributed by atoms with Gasteiger partial charge in [0.25, 0.3) is 0 Å². The number of rotatable bonds is 26. The molecular formula is C29H58N2. The maximum Gasteiger partial charge on any atom is 0.0892 e. The van der Waals surface area contributed by atoms with Crippen LogP contribution in [0.3, 0.4) is 0 Å². The average molecular weight is 435 g/mol. The summed E-state index contributed by atoms with van der Waals surface area (Å²) >= 11 is 0. The second-order valence-corrected chi connectivity index (χ2v) is 9.64. The van der Waals surface area contributed by atoms with Gasteiger partial charge in [-0.25, -0.2) is 9.98 Å². The molecule has 0 radical (unpaired) electrons. The minimum absolute atomic E-state index is 0.916. The van der Waals surface area contributed by atoms with Crippen LogP contribution in [-0.4, -0.2) is 19.1 Å². The van der Waals surface area contributed by atoms with E-state index in [1.54, 1.807) is 0 Å². The van der Waals surface area contributed by atoms with Gasteiger partial charge >= 0.3 is 0 Å². The van der Waals surface area contributed by atoms with E-state index in [0.717, 1.165) is 13.1 Å². The number of hydrogen-bond donors (Lipinski definition) is 0. The molecule has 0 amide bonds. The van der Waals surface area contributed by atoms with Crippen LogP contribution in [0.15, 0.2) is 9.98 Å².